The topological polar surface area (TPSA) is 87.1 Å². The molecule has 1 fully saturated rings. The molecule has 1 aromatic carbocycles. The highest BCUT2D eigenvalue weighted by Crippen LogP contribution is 2.18. The molecule has 0 unspecified atom stereocenters. The maximum Gasteiger partial charge on any atom is 0.414 e. The van der Waals surface area contributed by atoms with Gasteiger partial charge in [0.05, 0.1) is 6.61 Å². The van der Waals surface area contributed by atoms with Crippen LogP contribution in [0.2, 0.25) is 0 Å². The number of ether oxygens (including phenoxy) is 1. The fourth-order valence-electron chi connectivity index (χ4n) is 2.41. The van der Waals surface area contributed by atoms with E-state index in [0.29, 0.717) is 0 Å². The van der Waals surface area contributed by atoms with E-state index in [4.69, 9.17) is 24.5 Å². The third kappa shape index (κ3) is 7.65. The SMILES string of the molecule is CCc1ccccc1OCCCN1CCCC1.O=C(O)C(=O)O. The minimum absolute atomic E-state index is 0.841. The van der Waals surface area contributed by atoms with E-state index in [-0.39, 0.29) is 0 Å². The minimum Gasteiger partial charge on any atom is -0.493 e. The van der Waals surface area contributed by atoms with Crippen molar-refractivity contribution in [3.63, 3.8) is 0 Å². The summed E-state index contributed by atoms with van der Waals surface area (Å²) in [5.41, 5.74) is 1.31. The highest BCUT2D eigenvalue weighted by molar-refractivity contribution is 6.27. The molecule has 2 N–H and O–H groups in total. The van der Waals surface area contributed by atoms with Gasteiger partial charge in [0, 0.05) is 6.54 Å². The molecular formula is C17H25NO5. The van der Waals surface area contributed by atoms with Gasteiger partial charge in [-0.15, -0.1) is 0 Å². The number of hydrogen-bond donors (Lipinski definition) is 2. The van der Waals surface area contributed by atoms with E-state index >= 15 is 0 Å². The Kier molecular flexibility index (Phi) is 8.75. The van der Waals surface area contributed by atoms with Crippen LogP contribution in [0.4, 0.5) is 0 Å². The Hall–Kier alpha value is -2.08. The van der Waals surface area contributed by atoms with Crippen molar-refractivity contribution in [1.82, 2.24) is 4.90 Å². The molecule has 1 aromatic rings. The summed E-state index contributed by atoms with van der Waals surface area (Å²) in [7, 11) is 0. The van der Waals surface area contributed by atoms with Gasteiger partial charge in [0.15, 0.2) is 0 Å². The van der Waals surface area contributed by atoms with Gasteiger partial charge < -0.3 is 19.8 Å². The summed E-state index contributed by atoms with van der Waals surface area (Å²) in [5, 5.41) is 14.8. The van der Waals surface area contributed by atoms with Crippen molar-refractivity contribution in [2.24, 2.45) is 0 Å². The highest BCUT2D eigenvalue weighted by atomic mass is 16.5. The van der Waals surface area contributed by atoms with Gasteiger partial charge in [0.2, 0.25) is 0 Å². The monoisotopic (exact) mass is 323 g/mol. The van der Waals surface area contributed by atoms with Crippen LogP contribution >= 0.6 is 0 Å². The zero-order valence-corrected chi connectivity index (χ0v) is 13.5. The second-order valence-corrected chi connectivity index (χ2v) is 5.32. The molecule has 0 bridgehead atoms. The van der Waals surface area contributed by atoms with Crippen molar-refractivity contribution in [1.29, 1.82) is 0 Å². The fraction of sp³-hybridized carbons (Fsp3) is 0.529. The molecule has 0 spiro atoms. The molecule has 0 atom stereocenters. The first-order valence-electron chi connectivity index (χ1n) is 7.93. The van der Waals surface area contributed by atoms with E-state index in [1.54, 1.807) is 0 Å². The summed E-state index contributed by atoms with van der Waals surface area (Å²) in [4.78, 5) is 20.7. The van der Waals surface area contributed by atoms with Crippen molar-refractivity contribution in [3.8, 4) is 5.75 Å². The van der Waals surface area contributed by atoms with Crippen LogP contribution in [-0.2, 0) is 16.0 Å². The number of carboxylic acids is 2. The minimum atomic E-state index is -1.82. The van der Waals surface area contributed by atoms with Crippen molar-refractivity contribution < 1.29 is 24.5 Å². The van der Waals surface area contributed by atoms with Crippen LogP contribution in [0.15, 0.2) is 24.3 Å². The lowest BCUT2D eigenvalue weighted by molar-refractivity contribution is -0.159. The van der Waals surface area contributed by atoms with Crippen LogP contribution in [0.1, 0.15) is 31.7 Å². The Bertz CT molecular complexity index is 486. The maximum atomic E-state index is 9.10. The quantitative estimate of drug-likeness (QED) is 0.617. The van der Waals surface area contributed by atoms with Crippen LogP contribution in [0, 0.1) is 0 Å². The lowest BCUT2D eigenvalue weighted by Crippen LogP contribution is -2.22. The number of aryl methyl sites for hydroxylation is 1. The molecule has 0 saturated carbocycles. The van der Waals surface area contributed by atoms with E-state index in [2.05, 4.69) is 36.1 Å². The molecule has 0 amide bonds. The van der Waals surface area contributed by atoms with E-state index in [0.717, 1.165) is 25.2 Å². The van der Waals surface area contributed by atoms with Gasteiger partial charge in [0.1, 0.15) is 5.75 Å². The van der Waals surface area contributed by atoms with Gasteiger partial charge in [-0.2, -0.15) is 0 Å². The predicted molar refractivity (Wildman–Crippen MR) is 86.9 cm³/mol. The van der Waals surface area contributed by atoms with Crippen molar-refractivity contribution in [2.75, 3.05) is 26.2 Å². The molecule has 0 aromatic heterocycles. The number of likely N-dealkylation sites (tertiary alicyclic amines) is 1. The van der Waals surface area contributed by atoms with Crippen LogP contribution in [0.25, 0.3) is 0 Å². The molecule has 1 heterocycles. The van der Waals surface area contributed by atoms with Gasteiger partial charge in [-0.3, -0.25) is 0 Å². The largest absolute Gasteiger partial charge is 0.493 e. The van der Waals surface area contributed by atoms with Crippen LogP contribution in [-0.4, -0.2) is 53.3 Å². The van der Waals surface area contributed by atoms with Crippen LogP contribution < -0.4 is 4.74 Å². The smallest absolute Gasteiger partial charge is 0.414 e. The first kappa shape index (κ1) is 19.0. The van der Waals surface area contributed by atoms with Gasteiger partial charge >= 0.3 is 11.9 Å². The van der Waals surface area contributed by atoms with Gasteiger partial charge in [0.25, 0.3) is 0 Å². The van der Waals surface area contributed by atoms with Crippen molar-refractivity contribution >= 4 is 11.9 Å². The number of carbonyl (C=O) groups is 2. The third-order valence-corrected chi connectivity index (χ3v) is 3.61. The summed E-state index contributed by atoms with van der Waals surface area (Å²) in [6, 6.07) is 8.36. The molecule has 0 aliphatic carbocycles. The predicted octanol–water partition coefficient (Wildman–Crippen LogP) is 2.27. The molecule has 0 radical (unpaired) electrons. The molecule has 2 rings (SSSR count). The number of nitrogens with zero attached hydrogens (tertiary/aromatic N) is 1. The van der Waals surface area contributed by atoms with Crippen molar-refractivity contribution in [2.45, 2.75) is 32.6 Å². The molecule has 1 aliphatic heterocycles. The van der Waals surface area contributed by atoms with E-state index in [9.17, 15) is 0 Å². The lowest BCUT2D eigenvalue weighted by atomic mass is 10.1. The number of aliphatic carboxylic acids is 2. The third-order valence-electron chi connectivity index (χ3n) is 3.61. The summed E-state index contributed by atoms with van der Waals surface area (Å²) >= 11 is 0. The number of carboxylic acid groups (broad SMARTS) is 2. The Morgan fingerprint density at radius 2 is 1.74 bits per heavy atom. The summed E-state index contributed by atoms with van der Waals surface area (Å²) in [6.07, 6.45) is 4.93. The van der Waals surface area contributed by atoms with E-state index in [1.165, 1.54) is 38.0 Å². The summed E-state index contributed by atoms with van der Waals surface area (Å²) < 4.78 is 5.86. The number of rotatable bonds is 6. The van der Waals surface area contributed by atoms with Crippen molar-refractivity contribution in [3.05, 3.63) is 29.8 Å². The standard InChI is InChI=1S/C15H23NO.C2H2O4/c1-2-14-8-3-4-9-15(14)17-13-7-12-16-10-5-6-11-16;3-1(4)2(5)6/h3-4,8-9H,2,5-7,10-13H2,1H3;(H,3,4)(H,5,6). The molecule has 128 valence electrons. The first-order chi connectivity index (χ1) is 11.0. The van der Waals surface area contributed by atoms with Gasteiger partial charge in [-0.25, -0.2) is 9.59 Å². The highest BCUT2D eigenvalue weighted by Gasteiger charge is 2.10. The Morgan fingerprint density at radius 1 is 1.13 bits per heavy atom. The second-order valence-electron chi connectivity index (χ2n) is 5.32. The fourth-order valence-corrected chi connectivity index (χ4v) is 2.41. The maximum absolute atomic E-state index is 9.10. The average Bonchev–Trinajstić information content (AvgIpc) is 3.06. The van der Waals surface area contributed by atoms with Crippen LogP contribution in [0.3, 0.4) is 0 Å². The normalized spacial score (nSPS) is 14.0. The molecule has 6 nitrogen and oxygen atoms in total. The summed E-state index contributed by atoms with van der Waals surface area (Å²) in [5.74, 6) is -2.58. The number of benzene rings is 1. The molecule has 1 aliphatic rings. The lowest BCUT2D eigenvalue weighted by Gasteiger charge is -2.15. The van der Waals surface area contributed by atoms with Gasteiger partial charge in [-0.05, 0) is 50.4 Å². The Balaban J connectivity index is 0.000000379. The van der Waals surface area contributed by atoms with E-state index < -0.39 is 11.9 Å². The second kappa shape index (κ2) is 10.6. The van der Waals surface area contributed by atoms with Crippen LogP contribution in [0.5, 0.6) is 5.75 Å². The first-order valence-corrected chi connectivity index (χ1v) is 7.93. The zero-order chi connectivity index (χ0) is 17.1. The molecule has 1 saturated heterocycles. The average molecular weight is 323 g/mol. The van der Waals surface area contributed by atoms with E-state index in [1.807, 2.05) is 0 Å². The molecule has 23 heavy (non-hydrogen) atoms. The Labute approximate surface area is 136 Å². The number of para-hydroxylation sites is 1. The Morgan fingerprint density at radius 3 is 2.30 bits per heavy atom. The molecular weight excluding hydrogens is 298 g/mol. The summed E-state index contributed by atoms with van der Waals surface area (Å²) in [6.45, 7) is 6.77. The van der Waals surface area contributed by atoms with Gasteiger partial charge in [-0.1, -0.05) is 25.1 Å². The molecule has 6 heteroatoms. The number of hydrogen-bond acceptors (Lipinski definition) is 4. The zero-order valence-electron chi connectivity index (χ0n) is 13.5.